The van der Waals surface area contributed by atoms with Crippen LogP contribution in [0, 0.1) is 0 Å². The quantitative estimate of drug-likeness (QED) is 0.0971. The number of anilines is 1. The minimum absolute atomic E-state index is 0.204. The van der Waals surface area contributed by atoms with Crippen molar-refractivity contribution in [1.29, 1.82) is 0 Å². The van der Waals surface area contributed by atoms with E-state index in [1.807, 2.05) is 6.92 Å². The molecular weight excluding hydrogens is 517 g/mol. The summed E-state index contributed by atoms with van der Waals surface area (Å²) in [5.74, 6) is 0.311. The van der Waals surface area contributed by atoms with E-state index in [0.29, 0.717) is 36.6 Å². The SMILES string of the molecule is CCCCCCCCCCCCCCCOCCCCOP(=O)(O)COC(C)Cn1cnc2c(N)ncnc21. The van der Waals surface area contributed by atoms with Crippen LogP contribution < -0.4 is 5.73 Å². The third-order valence-corrected chi connectivity index (χ3v) is 7.84. The molecule has 0 bridgehead atoms. The van der Waals surface area contributed by atoms with Crippen LogP contribution >= 0.6 is 7.60 Å². The van der Waals surface area contributed by atoms with Gasteiger partial charge in [-0.05, 0) is 26.2 Å². The molecule has 2 heterocycles. The molecule has 0 aliphatic rings. The normalized spacial score (nSPS) is 14.1. The van der Waals surface area contributed by atoms with Crippen molar-refractivity contribution in [3.8, 4) is 0 Å². The Morgan fingerprint density at radius 3 is 2.08 bits per heavy atom. The predicted octanol–water partition coefficient (Wildman–Crippen LogP) is 6.86. The number of aromatic nitrogens is 4. The van der Waals surface area contributed by atoms with Gasteiger partial charge in [-0.2, -0.15) is 0 Å². The Kier molecular flexibility index (Phi) is 17.5. The maximum absolute atomic E-state index is 12.3. The summed E-state index contributed by atoms with van der Waals surface area (Å²) < 4.78 is 30.5. The molecular formula is C28H52N5O5P. The van der Waals surface area contributed by atoms with Crippen molar-refractivity contribution in [3.05, 3.63) is 12.7 Å². The van der Waals surface area contributed by atoms with E-state index in [0.717, 1.165) is 19.4 Å². The molecule has 224 valence electrons. The fourth-order valence-corrected chi connectivity index (χ4v) is 5.39. The molecule has 10 nitrogen and oxygen atoms in total. The van der Waals surface area contributed by atoms with Gasteiger partial charge in [0.05, 0.1) is 25.6 Å². The lowest BCUT2D eigenvalue weighted by Crippen LogP contribution is -2.17. The molecule has 0 saturated heterocycles. The van der Waals surface area contributed by atoms with Gasteiger partial charge < -0.3 is 29.2 Å². The first-order valence-corrected chi connectivity index (χ1v) is 16.8. The highest BCUT2D eigenvalue weighted by Gasteiger charge is 2.21. The smallest absolute Gasteiger partial charge is 0.353 e. The molecule has 0 aliphatic carbocycles. The molecule has 2 rings (SSSR count). The zero-order valence-corrected chi connectivity index (χ0v) is 25.2. The summed E-state index contributed by atoms with van der Waals surface area (Å²) in [6.07, 6.45) is 21.2. The molecule has 0 fully saturated rings. The minimum atomic E-state index is -3.82. The monoisotopic (exact) mass is 569 g/mol. The van der Waals surface area contributed by atoms with Gasteiger partial charge >= 0.3 is 7.60 Å². The van der Waals surface area contributed by atoms with Crippen molar-refractivity contribution in [3.63, 3.8) is 0 Å². The average molecular weight is 570 g/mol. The first-order chi connectivity index (χ1) is 18.9. The minimum Gasteiger partial charge on any atom is -0.382 e. The van der Waals surface area contributed by atoms with Crippen molar-refractivity contribution in [2.75, 3.05) is 31.9 Å². The van der Waals surface area contributed by atoms with Gasteiger partial charge in [0.1, 0.15) is 18.2 Å². The molecule has 0 amide bonds. The zero-order chi connectivity index (χ0) is 28.2. The van der Waals surface area contributed by atoms with Crippen molar-refractivity contribution in [1.82, 2.24) is 19.5 Å². The average Bonchev–Trinajstić information content (AvgIpc) is 3.32. The lowest BCUT2D eigenvalue weighted by molar-refractivity contribution is 0.0708. The number of rotatable bonds is 25. The Morgan fingerprint density at radius 1 is 0.872 bits per heavy atom. The summed E-state index contributed by atoms with van der Waals surface area (Å²) in [4.78, 5) is 22.4. The molecule has 2 unspecified atom stereocenters. The number of hydrogen-bond donors (Lipinski definition) is 2. The van der Waals surface area contributed by atoms with Crippen molar-refractivity contribution in [2.24, 2.45) is 0 Å². The van der Waals surface area contributed by atoms with Crippen molar-refractivity contribution in [2.45, 2.75) is 123 Å². The lowest BCUT2D eigenvalue weighted by atomic mass is 10.0. The highest BCUT2D eigenvalue weighted by atomic mass is 31.2. The van der Waals surface area contributed by atoms with Gasteiger partial charge in [0.25, 0.3) is 0 Å². The Balaban J connectivity index is 1.38. The number of unbranched alkanes of at least 4 members (excludes halogenated alkanes) is 13. The highest BCUT2D eigenvalue weighted by Crippen LogP contribution is 2.42. The van der Waals surface area contributed by atoms with Crippen molar-refractivity contribution >= 4 is 24.6 Å². The summed E-state index contributed by atoms with van der Waals surface area (Å²) >= 11 is 0. The van der Waals surface area contributed by atoms with E-state index in [1.54, 1.807) is 10.9 Å². The molecule has 39 heavy (non-hydrogen) atoms. The van der Waals surface area contributed by atoms with E-state index in [1.165, 1.54) is 83.4 Å². The van der Waals surface area contributed by atoms with Crippen LogP contribution in [0.5, 0.6) is 0 Å². The first-order valence-electron chi connectivity index (χ1n) is 15.0. The van der Waals surface area contributed by atoms with Gasteiger partial charge in [-0.15, -0.1) is 0 Å². The molecule has 0 saturated carbocycles. The summed E-state index contributed by atoms with van der Waals surface area (Å²) in [6.45, 7) is 6.13. The number of hydrogen-bond acceptors (Lipinski definition) is 8. The van der Waals surface area contributed by atoms with E-state index in [4.69, 9.17) is 19.7 Å². The van der Waals surface area contributed by atoms with Crippen LogP contribution in [0.15, 0.2) is 12.7 Å². The predicted molar refractivity (Wildman–Crippen MR) is 157 cm³/mol. The number of imidazole rings is 1. The summed E-state index contributed by atoms with van der Waals surface area (Å²) in [6, 6.07) is 0. The maximum atomic E-state index is 12.3. The molecule has 2 aromatic rings. The molecule has 0 aliphatic heterocycles. The number of fused-ring (bicyclic) bond motifs is 1. The van der Waals surface area contributed by atoms with Crippen LogP contribution in [0.1, 0.15) is 110 Å². The maximum Gasteiger partial charge on any atom is 0.353 e. The van der Waals surface area contributed by atoms with Gasteiger partial charge in [0.2, 0.25) is 0 Å². The topological polar surface area (TPSA) is 135 Å². The summed E-state index contributed by atoms with van der Waals surface area (Å²) in [5.41, 5.74) is 6.92. The van der Waals surface area contributed by atoms with Gasteiger partial charge in [-0.3, -0.25) is 4.57 Å². The molecule has 11 heteroatoms. The third-order valence-electron chi connectivity index (χ3n) is 6.77. The molecule has 2 atom stereocenters. The number of nitrogens with two attached hydrogens (primary N) is 1. The molecule has 2 aromatic heterocycles. The largest absolute Gasteiger partial charge is 0.382 e. The molecule has 3 N–H and O–H groups in total. The van der Waals surface area contributed by atoms with Gasteiger partial charge in [-0.1, -0.05) is 84.0 Å². The number of nitrogen functional groups attached to an aromatic ring is 1. The standard InChI is InChI=1S/C28H52N5O5P/c1-3-4-5-6-7-8-9-10-11-12-13-14-15-18-36-19-16-17-20-38-39(34,35)24-37-25(2)21-33-23-32-26-27(29)30-22-31-28(26)33/h22-23,25H,3-21,24H2,1-2H3,(H,34,35)(H2,29,30,31). The van der Waals surface area contributed by atoms with Gasteiger partial charge in [0.15, 0.2) is 11.5 Å². The molecule has 0 radical (unpaired) electrons. The second kappa shape index (κ2) is 20.3. The van der Waals surface area contributed by atoms with Crippen LogP contribution in [-0.4, -0.2) is 56.7 Å². The Hall–Kier alpha value is -1.58. The van der Waals surface area contributed by atoms with Gasteiger partial charge in [-0.25, -0.2) is 15.0 Å². The molecule has 0 aromatic carbocycles. The zero-order valence-electron chi connectivity index (χ0n) is 24.3. The van der Waals surface area contributed by atoms with Crippen LogP contribution in [0.3, 0.4) is 0 Å². The third kappa shape index (κ3) is 15.1. The van der Waals surface area contributed by atoms with E-state index >= 15 is 0 Å². The van der Waals surface area contributed by atoms with Crippen LogP contribution in [-0.2, 0) is 25.1 Å². The number of ether oxygens (including phenoxy) is 2. The fourth-order valence-electron chi connectivity index (χ4n) is 4.46. The summed E-state index contributed by atoms with van der Waals surface area (Å²) in [7, 11) is -3.82. The Morgan fingerprint density at radius 2 is 1.44 bits per heavy atom. The van der Waals surface area contributed by atoms with E-state index in [-0.39, 0.29) is 19.1 Å². The second-order valence-electron chi connectivity index (χ2n) is 10.5. The van der Waals surface area contributed by atoms with Gasteiger partial charge in [0, 0.05) is 13.2 Å². The second-order valence-corrected chi connectivity index (χ2v) is 12.3. The van der Waals surface area contributed by atoms with Crippen molar-refractivity contribution < 1.29 is 23.5 Å². The van der Waals surface area contributed by atoms with E-state index in [2.05, 4.69) is 21.9 Å². The number of nitrogens with zero attached hydrogens (tertiary/aromatic N) is 4. The Bertz CT molecular complexity index is 944. The lowest BCUT2D eigenvalue weighted by Gasteiger charge is -2.17. The molecule has 0 spiro atoms. The Labute approximate surface area is 235 Å². The first kappa shape index (κ1) is 33.6. The highest BCUT2D eigenvalue weighted by molar-refractivity contribution is 7.52. The van der Waals surface area contributed by atoms with Crippen LogP contribution in [0.2, 0.25) is 0 Å². The fraction of sp³-hybridized carbons (Fsp3) is 0.821. The van der Waals surface area contributed by atoms with Crippen LogP contribution in [0.4, 0.5) is 5.82 Å². The van der Waals surface area contributed by atoms with E-state index in [9.17, 15) is 9.46 Å². The van der Waals surface area contributed by atoms with Crippen LogP contribution in [0.25, 0.3) is 11.2 Å². The van der Waals surface area contributed by atoms with E-state index < -0.39 is 7.60 Å². The summed E-state index contributed by atoms with van der Waals surface area (Å²) in [5, 5.41) is 0.